The number of carbonyl (C=O) groups is 6. The van der Waals surface area contributed by atoms with E-state index in [0.717, 1.165) is 4.90 Å². The van der Waals surface area contributed by atoms with Crippen molar-refractivity contribution in [2.45, 2.75) is 63.7 Å². The van der Waals surface area contributed by atoms with Gasteiger partial charge in [0, 0.05) is 6.54 Å². The minimum atomic E-state index is -1.40. The van der Waals surface area contributed by atoms with Crippen molar-refractivity contribution in [3.8, 4) is 0 Å². The number of primary amides is 2. The number of hydrogen-bond donors (Lipinski definition) is 6. The monoisotopic (exact) mass is 442 g/mol. The quantitative estimate of drug-likeness (QED) is 0.190. The third-order valence-corrected chi connectivity index (χ3v) is 4.85. The number of carbonyl (C=O) groups excluding carboxylic acids is 5. The molecule has 4 unspecified atom stereocenters. The number of amides is 5. The topological polar surface area (TPSA) is 228 Å². The van der Waals surface area contributed by atoms with E-state index < -0.39 is 78.4 Å². The number of nitrogens with two attached hydrogens (primary N) is 3. The number of carboxylic acid groups (broad SMARTS) is 1. The van der Waals surface area contributed by atoms with Gasteiger partial charge in [-0.3, -0.25) is 24.0 Å². The van der Waals surface area contributed by atoms with Gasteiger partial charge < -0.3 is 37.8 Å². The van der Waals surface area contributed by atoms with Crippen LogP contribution in [-0.4, -0.2) is 76.2 Å². The fourth-order valence-electron chi connectivity index (χ4n) is 3.25. The Morgan fingerprint density at radius 2 is 1.58 bits per heavy atom. The zero-order valence-electron chi connectivity index (χ0n) is 17.5. The second-order valence-corrected chi connectivity index (χ2v) is 7.77. The van der Waals surface area contributed by atoms with E-state index in [4.69, 9.17) is 17.2 Å². The maximum atomic E-state index is 12.9. The van der Waals surface area contributed by atoms with E-state index in [-0.39, 0.29) is 13.0 Å². The van der Waals surface area contributed by atoms with Gasteiger partial charge in [-0.05, 0) is 18.8 Å². The fraction of sp³-hybridized carbons (Fsp3) is 0.667. The molecular formula is C18H30N6O7. The van der Waals surface area contributed by atoms with E-state index >= 15 is 0 Å². The average Bonchev–Trinajstić information content (AvgIpc) is 3.13. The van der Waals surface area contributed by atoms with E-state index in [2.05, 4.69) is 10.6 Å². The Bertz CT molecular complexity index is 741. The molecule has 1 rings (SSSR count). The van der Waals surface area contributed by atoms with Gasteiger partial charge in [0.15, 0.2) is 0 Å². The minimum Gasteiger partial charge on any atom is -0.480 e. The van der Waals surface area contributed by atoms with Crippen molar-refractivity contribution in [3.05, 3.63) is 0 Å². The molecular weight excluding hydrogens is 412 g/mol. The van der Waals surface area contributed by atoms with Crippen LogP contribution in [0.1, 0.15) is 39.5 Å². The SMILES string of the molecule is CC(C)C(NC(=O)C(N)CC(N)=O)C(=O)NC(CC(N)=O)C(=O)N1CCCC1C(=O)O. The first-order valence-corrected chi connectivity index (χ1v) is 9.81. The predicted octanol–water partition coefficient (Wildman–Crippen LogP) is -3.23. The van der Waals surface area contributed by atoms with Crippen LogP contribution in [0.15, 0.2) is 0 Å². The second kappa shape index (κ2) is 11.2. The molecule has 0 aromatic rings. The van der Waals surface area contributed by atoms with Crippen LogP contribution >= 0.6 is 0 Å². The molecule has 13 heteroatoms. The Balaban J connectivity index is 2.98. The molecule has 1 saturated heterocycles. The summed E-state index contributed by atoms with van der Waals surface area (Å²) in [6.07, 6.45) is -0.261. The molecule has 0 aliphatic carbocycles. The lowest BCUT2D eigenvalue weighted by molar-refractivity contribution is -0.149. The van der Waals surface area contributed by atoms with Crippen LogP contribution in [0, 0.1) is 5.92 Å². The Labute approximate surface area is 179 Å². The summed E-state index contributed by atoms with van der Waals surface area (Å²) < 4.78 is 0. The van der Waals surface area contributed by atoms with E-state index in [1.165, 1.54) is 0 Å². The van der Waals surface area contributed by atoms with Crippen molar-refractivity contribution >= 4 is 35.5 Å². The normalized spacial score (nSPS) is 18.7. The van der Waals surface area contributed by atoms with E-state index in [9.17, 15) is 33.9 Å². The largest absolute Gasteiger partial charge is 0.480 e. The summed E-state index contributed by atoms with van der Waals surface area (Å²) in [6.45, 7) is 3.40. The van der Waals surface area contributed by atoms with Crippen molar-refractivity contribution in [2.24, 2.45) is 23.1 Å². The molecule has 13 nitrogen and oxygen atoms in total. The highest BCUT2D eigenvalue weighted by molar-refractivity contribution is 5.96. The summed E-state index contributed by atoms with van der Waals surface area (Å²) in [4.78, 5) is 72.7. The third kappa shape index (κ3) is 7.51. The molecule has 1 aliphatic rings. The number of hydrogen-bond acceptors (Lipinski definition) is 7. The maximum absolute atomic E-state index is 12.9. The van der Waals surface area contributed by atoms with Crippen molar-refractivity contribution in [2.75, 3.05) is 6.54 Å². The first-order chi connectivity index (χ1) is 14.3. The van der Waals surface area contributed by atoms with Gasteiger partial charge in [0.05, 0.1) is 18.9 Å². The van der Waals surface area contributed by atoms with Crippen LogP contribution in [0.4, 0.5) is 0 Å². The highest BCUT2D eigenvalue weighted by Crippen LogP contribution is 2.19. The Hall–Kier alpha value is -3.22. The van der Waals surface area contributed by atoms with Gasteiger partial charge in [-0.15, -0.1) is 0 Å². The zero-order valence-corrected chi connectivity index (χ0v) is 17.5. The Morgan fingerprint density at radius 1 is 1.00 bits per heavy atom. The van der Waals surface area contributed by atoms with Gasteiger partial charge in [-0.1, -0.05) is 13.8 Å². The van der Waals surface area contributed by atoms with Gasteiger partial charge in [0.2, 0.25) is 29.5 Å². The maximum Gasteiger partial charge on any atom is 0.326 e. The van der Waals surface area contributed by atoms with Gasteiger partial charge in [-0.2, -0.15) is 0 Å². The summed E-state index contributed by atoms with van der Waals surface area (Å²) in [5, 5.41) is 14.1. The van der Waals surface area contributed by atoms with Gasteiger partial charge in [-0.25, -0.2) is 4.79 Å². The number of nitrogens with zero attached hydrogens (tertiary/aromatic N) is 1. The molecule has 0 saturated carbocycles. The van der Waals surface area contributed by atoms with Gasteiger partial charge in [0.25, 0.3) is 0 Å². The summed E-state index contributed by atoms with van der Waals surface area (Å²) in [7, 11) is 0. The fourth-order valence-corrected chi connectivity index (χ4v) is 3.25. The first kappa shape index (κ1) is 25.8. The second-order valence-electron chi connectivity index (χ2n) is 7.77. The molecule has 0 aromatic carbocycles. The zero-order chi connectivity index (χ0) is 23.9. The van der Waals surface area contributed by atoms with Crippen LogP contribution in [0.2, 0.25) is 0 Å². The van der Waals surface area contributed by atoms with Crippen LogP contribution in [0.3, 0.4) is 0 Å². The van der Waals surface area contributed by atoms with Crippen molar-refractivity contribution in [3.63, 3.8) is 0 Å². The summed E-state index contributed by atoms with van der Waals surface area (Å²) >= 11 is 0. The molecule has 0 aromatic heterocycles. The summed E-state index contributed by atoms with van der Waals surface area (Å²) in [5.74, 6) is -5.65. The van der Waals surface area contributed by atoms with Crippen LogP contribution in [-0.2, 0) is 28.8 Å². The average molecular weight is 442 g/mol. The number of likely N-dealkylation sites (tertiary alicyclic amines) is 1. The minimum absolute atomic E-state index is 0.160. The molecule has 1 fully saturated rings. The molecule has 174 valence electrons. The third-order valence-electron chi connectivity index (χ3n) is 4.85. The highest BCUT2D eigenvalue weighted by atomic mass is 16.4. The molecule has 9 N–H and O–H groups in total. The molecule has 31 heavy (non-hydrogen) atoms. The first-order valence-electron chi connectivity index (χ1n) is 9.81. The molecule has 0 radical (unpaired) electrons. The molecule has 1 aliphatic heterocycles. The van der Waals surface area contributed by atoms with Crippen molar-refractivity contribution in [1.82, 2.24) is 15.5 Å². The van der Waals surface area contributed by atoms with Crippen molar-refractivity contribution in [1.29, 1.82) is 0 Å². The van der Waals surface area contributed by atoms with E-state index in [1.807, 2.05) is 0 Å². The molecule has 4 atom stereocenters. The Kier molecular flexibility index (Phi) is 9.37. The van der Waals surface area contributed by atoms with Crippen LogP contribution < -0.4 is 27.8 Å². The van der Waals surface area contributed by atoms with Crippen LogP contribution in [0.25, 0.3) is 0 Å². The molecule has 5 amide bonds. The highest BCUT2D eigenvalue weighted by Gasteiger charge is 2.39. The Morgan fingerprint density at radius 3 is 2.06 bits per heavy atom. The standard InChI is InChI=1S/C18H30N6O7/c1-8(2)14(23-15(27)9(19)6-12(20)25)16(28)22-10(7-13(21)26)17(29)24-5-3-4-11(24)18(30)31/h8-11,14H,3-7,19H2,1-2H3,(H2,20,25)(H2,21,26)(H,22,28)(H,23,27)(H,30,31). The van der Waals surface area contributed by atoms with E-state index in [0.29, 0.717) is 6.42 Å². The smallest absolute Gasteiger partial charge is 0.326 e. The number of nitrogens with one attached hydrogen (secondary N) is 2. The molecule has 1 heterocycles. The van der Waals surface area contributed by atoms with Gasteiger partial charge >= 0.3 is 5.97 Å². The lowest BCUT2D eigenvalue weighted by Gasteiger charge is -2.29. The molecule has 0 bridgehead atoms. The van der Waals surface area contributed by atoms with E-state index in [1.54, 1.807) is 13.8 Å². The summed E-state index contributed by atoms with van der Waals surface area (Å²) in [6, 6.07) is -4.88. The number of rotatable bonds is 11. The van der Waals surface area contributed by atoms with Gasteiger partial charge in [0.1, 0.15) is 18.1 Å². The molecule has 0 spiro atoms. The van der Waals surface area contributed by atoms with Crippen molar-refractivity contribution < 1.29 is 33.9 Å². The predicted molar refractivity (Wildman–Crippen MR) is 107 cm³/mol. The van der Waals surface area contributed by atoms with Crippen LogP contribution in [0.5, 0.6) is 0 Å². The lowest BCUT2D eigenvalue weighted by Crippen LogP contribution is -2.59. The summed E-state index contributed by atoms with van der Waals surface area (Å²) in [5.41, 5.74) is 15.8. The lowest BCUT2D eigenvalue weighted by atomic mass is 10.0. The number of aliphatic carboxylic acids is 1. The number of carboxylic acids is 1.